The highest BCUT2D eigenvalue weighted by Gasteiger charge is 2.16. The Morgan fingerprint density at radius 1 is 1.30 bits per heavy atom. The standard InChI is InChI=1S/C15H19N3OS/c1-9(2)8-12-13(18-15(20)17-12)14(19)16-11-7-5-4-6-10(11)3/h4-7,9H,8H2,1-3H3,(H,16,19)(H2,17,18,20). The van der Waals surface area contributed by atoms with E-state index in [2.05, 4.69) is 29.1 Å². The molecule has 5 heteroatoms. The van der Waals surface area contributed by atoms with Gasteiger partial charge in [-0.25, -0.2) is 0 Å². The maximum atomic E-state index is 12.4. The predicted octanol–water partition coefficient (Wildman–Crippen LogP) is 3.83. The molecule has 0 bridgehead atoms. The summed E-state index contributed by atoms with van der Waals surface area (Å²) in [5, 5.41) is 2.92. The second-order valence-corrected chi connectivity index (χ2v) is 5.71. The average Bonchev–Trinajstić information content (AvgIpc) is 2.72. The van der Waals surface area contributed by atoms with Crippen molar-refractivity contribution in [1.82, 2.24) is 9.97 Å². The number of para-hydroxylation sites is 1. The molecular formula is C15H19N3OS. The van der Waals surface area contributed by atoms with Crippen LogP contribution in [0.15, 0.2) is 24.3 Å². The van der Waals surface area contributed by atoms with Gasteiger partial charge in [0.15, 0.2) is 4.77 Å². The van der Waals surface area contributed by atoms with Crippen molar-refractivity contribution in [3.8, 4) is 0 Å². The first-order valence-electron chi connectivity index (χ1n) is 6.65. The maximum Gasteiger partial charge on any atom is 0.273 e. The molecule has 0 atom stereocenters. The van der Waals surface area contributed by atoms with Crippen LogP contribution in [-0.4, -0.2) is 15.9 Å². The molecule has 0 fully saturated rings. The third-order valence-corrected chi connectivity index (χ3v) is 3.24. The zero-order valence-electron chi connectivity index (χ0n) is 11.9. The molecule has 4 nitrogen and oxygen atoms in total. The Kier molecular flexibility index (Phi) is 4.39. The molecule has 2 aromatic rings. The van der Waals surface area contributed by atoms with Crippen LogP contribution in [0.25, 0.3) is 0 Å². The number of imidazole rings is 1. The first-order chi connectivity index (χ1) is 9.47. The van der Waals surface area contributed by atoms with Crippen molar-refractivity contribution in [2.24, 2.45) is 5.92 Å². The van der Waals surface area contributed by atoms with Crippen molar-refractivity contribution in [2.45, 2.75) is 27.2 Å². The number of hydrogen-bond acceptors (Lipinski definition) is 2. The van der Waals surface area contributed by atoms with Crippen molar-refractivity contribution >= 4 is 23.8 Å². The molecule has 0 unspecified atom stereocenters. The van der Waals surface area contributed by atoms with Gasteiger partial charge in [0, 0.05) is 11.4 Å². The Labute approximate surface area is 123 Å². The first-order valence-corrected chi connectivity index (χ1v) is 7.06. The Bertz CT molecular complexity index is 670. The molecule has 0 spiro atoms. The lowest BCUT2D eigenvalue weighted by atomic mass is 10.1. The molecule has 3 N–H and O–H groups in total. The minimum atomic E-state index is -0.165. The quantitative estimate of drug-likeness (QED) is 0.749. The third-order valence-electron chi connectivity index (χ3n) is 3.04. The fraction of sp³-hybridized carbons (Fsp3) is 0.333. The van der Waals surface area contributed by atoms with Crippen LogP contribution in [0.3, 0.4) is 0 Å². The van der Waals surface area contributed by atoms with Crippen LogP contribution in [0, 0.1) is 17.6 Å². The number of hydrogen-bond donors (Lipinski definition) is 3. The number of aromatic amines is 2. The van der Waals surface area contributed by atoms with E-state index in [9.17, 15) is 4.79 Å². The van der Waals surface area contributed by atoms with Gasteiger partial charge in [-0.2, -0.15) is 0 Å². The number of benzene rings is 1. The fourth-order valence-corrected chi connectivity index (χ4v) is 2.30. The van der Waals surface area contributed by atoms with E-state index in [1.54, 1.807) is 0 Å². The van der Waals surface area contributed by atoms with Gasteiger partial charge in [0.1, 0.15) is 5.69 Å². The number of carbonyl (C=O) groups is 1. The molecule has 1 heterocycles. The highest BCUT2D eigenvalue weighted by molar-refractivity contribution is 7.71. The lowest BCUT2D eigenvalue weighted by Gasteiger charge is -2.09. The molecule has 0 aliphatic heterocycles. The average molecular weight is 289 g/mol. The van der Waals surface area contributed by atoms with Crippen molar-refractivity contribution in [2.75, 3.05) is 5.32 Å². The zero-order valence-corrected chi connectivity index (χ0v) is 12.7. The Hall–Kier alpha value is -1.88. The molecule has 0 saturated carbocycles. The molecular weight excluding hydrogens is 270 g/mol. The summed E-state index contributed by atoms with van der Waals surface area (Å²) in [4.78, 5) is 18.4. The molecule has 0 saturated heterocycles. The van der Waals surface area contributed by atoms with Crippen LogP contribution < -0.4 is 5.32 Å². The summed E-state index contributed by atoms with van der Waals surface area (Å²) in [6.07, 6.45) is 0.781. The van der Waals surface area contributed by atoms with Gasteiger partial charge >= 0.3 is 0 Å². The highest BCUT2D eigenvalue weighted by Crippen LogP contribution is 2.16. The molecule has 1 amide bonds. The summed E-state index contributed by atoms with van der Waals surface area (Å²) >= 11 is 5.09. The Balaban J connectivity index is 2.25. The number of aromatic nitrogens is 2. The summed E-state index contributed by atoms with van der Waals surface area (Å²) in [5.41, 5.74) is 3.22. The Morgan fingerprint density at radius 2 is 2.00 bits per heavy atom. The number of amides is 1. The molecule has 1 aromatic heterocycles. The van der Waals surface area contributed by atoms with Gasteiger partial charge in [-0.05, 0) is 43.1 Å². The molecule has 0 radical (unpaired) electrons. The van der Waals surface area contributed by atoms with Crippen molar-refractivity contribution in [3.63, 3.8) is 0 Å². The van der Waals surface area contributed by atoms with Crippen molar-refractivity contribution in [3.05, 3.63) is 46.0 Å². The van der Waals surface area contributed by atoms with Gasteiger partial charge in [-0.1, -0.05) is 32.0 Å². The van der Waals surface area contributed by atoms with Crippen LogP contribution in [-0.2, 0) is 6.42 Å². The minimum absolute atomic E-state index is 0.165. The van der Waals surface area contributed by atoms with Gasteiger partial charge in [0.05, 0.1) is 0 Å². The lowest BCUT2D eigenvalue weighted by Crippen LogP contribution is -2.16. The fourth-order valence-electron chi connectivity index (χ4n) is 2.07. The molecule has 0 aliphatic carbocycles. The summed E-state index contributed by atoms with van der Waals surface area (Å²) in [5.74, 6) is 0.281. The number of nitrogens with one attached hydrogen (secondary N) is 3. The Morgan fingerprint density at radius 3 is 2.65 bits per heavy atom. The van der Waals surface area contributed by atoms with E-state index in [0.29, 0.717) is 16.4 Å². The normalized spacial score (nSPS) is 10.8. The lowest BCUT2D eigenvalue weighted by molar-refractivity contribution is 0.102. The van der Waals surface area contributed by atoms with E-state index in [1.807, 2.05) is 31.2 Å². The number of rotatable bonds is 4. The van der Waals surface area contributed by atoms with E-state index in [-0.39, 0.29) is 5.91 Å². The van der Waals surface area contributed by atoms with Crippen LogP contribution in [0.5, 0.6) is 0 Å². The van der Waals surface area contributed by atoms with E-state index < -0.39 is 0 Å². The summed E-state index contributed by atoms with van der Waals surface area (Å²) < 4.78 is 0.482. The summed E-state index contributed by atoms with van der Waals surface area (Å²) in [7, 11) is 0. The van der Waals surface area contributed by atoms with E-state index >= 15 is 0 Å². The van der Waals surface area contributed by atoms with E-state index in [4.69, 9.17) is 12.2 Å². The van der Waals surface area contributed by atoms with Gasteiger partial charge in [-0.3, -0.25) is 4.79 Å². The summed E-state index contributed by atoms with van der Waals surface area (Å²) in [6, 6.07) is 7.69. The molecule has 2 rings (SSSR count). The SMILES string of the molecule is Cc1ccccc1NC(=O)c1[nH]c(=S)[nH]c1CC(C)C. The van der Waals surface area contributed by atoms with Crippen molar-refractivity contribution in [1.29, 1.82) is 0 Å². The van der Waals surface area contributed by atoms with Gasteiger partial charge in [-0.15, -0.1) is 0 Å². The number of anilines is 1. The maximum absolute atomic E-state index is 12.4. The van der Waals surface area contributed by atoms with Gasteiger partial charge in [0.25, 0.3) is 5.91 Å². The van der Waals surface area contributed by atoms with Crippen LogP contribution >= 0.6 is 12.2 Å². The van der Waals surface area contributed by atoms with Gasteiger partial charge in [0.2, 0.25) is 0 Å². The van der Waals surface area contributed by atoms with E-state index in [0.717, 1.165) is 23.4 Å². The topological polar surface area (TPSA) is 60.7 Å². The third kappa shape index (κ3) is 3.36. The molecule has 20 heavy (non-hydrogen) atoms. The van der Waals surface area contributed by atoms with Crippen LogP contribution in [0.4, 0.5) is 5.69 Å². The summed E-state index contributed by atoms with van der Waals surface area (Å²) in [6.45, 7) is 6.17. The number of H-pyrrole nitrogens is 2. The van der Waals surface area contributed by atoms with Crippen LogP contribution in [0.2, 0.25) is 0 Å². The predicted molar refractivity (Wildman–Crippen MR) is 83.7 cm³/mol. The molecule has 1 aromatic carbocycles. The van der Waals surface area contributed by atoms with E-state index in [1.165, 1.54) is 0 Å². The van der Waals surface area contributed by atoms with Crippen molar-refractivity contribution < 1.29 is 4.79 Å². The second kappa shape index (κ2) is 6.05. The largest absolute Gasteiger partial charge is 0.334 e. The second-order valence-electron chi connectivity index (χ2n) is 5.30. The molecule has 106 valence electrons. The smallest absolute Gasteiger partial charge is 0.273 e. The van der Waals surface area contributed by atoms with Gasteiger partial charge < -0.3 is 15.3 Å². The minimum Gasteiger partial charge on any atom is -0.334 e. The monoisotopic (exact) mass is 289 g/mol. The zero-order chi connectivity index (χ0) is 14.7. The molecule has 0 aliphatic rings. The number of aryl methyl sites for hydroxylation is 1. The first kappa shape index (κ1) is 14.5. The highest BCUT2D eigenvalue weighted by atomic mass is 32.1. The van der Waals surface area contributed by atoms with Crippen LogP contribution in [0.1, 0.15) is 35.6 Å². The number of carbonyl (C=O) groups excluding carboxylic acids is 1.